The quantitative estimate of drug-likeness (QED) is 0.311. The molecule has 2 aromatic rings. The molecular weight excluding hydrogens is 444 g/mol. The molecule has 0 spiro atoms. The molecule has 8 heteroatoms. The summed E-state index contributed by atoms with van der Waals surface area (Å²) in [5.41, 5.74) is 2.96. The summed E-state index contributed by atoms with van der Waals surface area (Å²) >= 11 is 0. The molecule has 2 unspecified atom stereocenters. The van der Waals surface area contributed by atoms with E-state index in [0.29, 0.717) is 63.7 Å². The minimum absolute atomic E-state index is 0.105. The molecule has 8 nitrogen and oxygen atoms in total. The number of aromatic nitrogens is 2. The number of hydrogen-bond acceptors (Lipinski definition) is 6. The summed E-state index contributed by atoms with van der Waals surface area (Å²) in [6.45, 7) is 15.3. The van der Waals surface area contributed by atoms with E-state index < -0.39 is 0 Å². The summed E-state index contributed by atoms with van der Waals surface area (Å²) < 4.78 is 18.5. The number of amides is 1. The zero-order valence-electron chi connectivity index (χ0n) is 22.1. The van der Waals surface area contributed by atoms with Crippen LogP contribution < -0.4 is 10.6 Å². The molecule has 0 aliphatic rings. The highest BCUT2D eigenvalue weighted by atomic mass is 16.5. The fraction of sp³-hybridized carbons (Fsp3) is 0.630. The molecule has 2 N–H and O–H groups in total. The topological polar surface area (TPSA) is 86.6 Å². The lowest BCUT2D eigenvalue weighted by Crippen LogP contribution is -2.29. The average molecular weight is 489 g/mol. The largest absolute Gasteiger partial charge is 0.378 e. The van der Waals surface area contributed by atoms with Crippen LogP contribution in [0.1, 0.15) is 74.5 Å². The number of carbonyl (C=O) groups excluding carboxylic acids is 1. The molecule has 0 fully saturated rings. The predicted molar refractivity (Wildman–Crippen MR) is 139 cm³/mol. The van der Waals surface area contributed by atoms with Crippen molar-refractivity contribution in [2.45, 2.75) is 59.0 Å². The Morgan fingerprint density at radius 2 is 1.49 bits per heavy atom. The van der Waals surface area contributed by atoms with Gasteiger partial charge in [0.05, 0.1) is 51.9 Å². The van der Waals surface area contributed by atoms with Gasteiger partial charge in [-0.3, -0.25) is 9.48 Å². The zero-order valence-corrected chi connectivity index (χ0v) is 22.1. The minimum Gasteiger partial charge on any atom is -0.378 e. The van der Waals surface area contributed by atoms with Crippen LogP contribution in [-0.2, 0) is 14.2 Å². The molecule has 0 radical (unpaired) electrons. The molecule has 0 bridgehead atoms. The maximum atomic E-state index is 12.4. The summed E-state index contributed by atoms with van der Waals surface area (Å²) in [5.74, 6) is 0.343. The number of carbonyl (C=O) groups is 1. The van der Waals surface area contributed by atoms with Gasteiger partial charge in [0.15, 0.2) is 0 Å². The van der Waals surface area contributed by atoms with Gasteiger partial charge in [-0.25, -0.2) is 0 Å². The van der Waals surface area contributed by atoms with Gasteiger partial charge < -0.3 is 24.8 Å². The van der Waals surface area contributed by atoms with Gasteiger partial charge >= 0.3 is 0 Å². The van der Waals surface area contributed by atoms with Gasteiger partial charge in [0.25, 0.3) is 5.91 Å². The Balaban J connectivity index is 1.53. The van der Waals surface area contributed by atoms with E-state index >= 15 is 0 Å². The summed E-state index contributed by atoms with van der Waals surface area (Å²) in [6.07, 6.45) is 5.12. The van der Waals surface area contributed by atoms with Crippen molar-refractivity contribution >= 4 is 5.91 Å². The third kappa shape index (κ3) is 10.9. The standard InChI is InChI=1S/C27H44N4O4/c1-6-22(4)28-11-13-33-15-17-35-18-16-34-14-12-29-27(32)25-9-7-24(8-10-25)23(5)31-20-26(19-30-31)21(2)3/h7-10,19-23,28H,6,11-18H2,1-5H3,(H,29,32). The van der Waals surface area contributed by atoms with Gasteiger partial charge in [0, 0.05) is 30.9 Å². The van der Waals surface area contributed by atoms with Crippen molar-refractivity contribution in [1.29, 1.82) is 0 Å². The molecule has 1 aromatic carbocycles. The molecule has 0 aliphatic carbocycles. The van der Waals surface area contributed by atoms with Crippen molar-refractivity contribution < 1.29 is 19.0 Å². The van der Waals surface area contributed by atoms with E-state index in [1.807, 2.05) is 35.1 Å². The summed E-state index contributed by atoms with van der Waals surface area (Å²) in [7, 11) is 0. The lowest BCUT2D eigenvalue weighted by molar-refractivity contribution is 0.0155. The van der Waals surface area contributed by atoms with Crippen LogP contribution >= 0.6 is 0 Å². The van der Waals surface area contributed by atoms with Crippen molar-refractivity contribution in [1.82, 2.24) is 20.4 Å². The molecule has 1 amide bonds. The fourth-order valence-corrected chi connectivity index (χ4v) is 3.33. The van der Waals surface area contributed by atoms with Gasteiger partial charge in [0.2, 0.25) is 0 Å². The minimum atomic E-state index is -0.106. The van der Waals surface area contributed by atoms with E-state index in [2.05, 4.69) is 56.5 Å². The molecule has 0 saturated carbocycles. The van der Waals surface area contributed by atoms with Crippen molar-refractivity contribution in [3.63, 3.8) is 0 Å². The molecular formula is C27H44N4O4. The van der Waals surface area contributed by atoms with Crippen molar-refractivity contribution in [2.75, 3.05) is 52.7 Å². The molecule has 1 aromatic heterocycles. The second kappa shape index (κ2) is 16.4. The van der Waals surface area contributed by atoms with Gasteiger partial charge in [-0.15, -0.1) is 0 Å². The first-order chi connectivity index (χ1) is 16.9. The van der Waals surface area contributed by atoms with Crippen molar-refractivity contribution in [3.05, 3.63) is 53.3 Å². The molecule has 2 atom stereocenters. The van der Waals surface area contributed by atoms with E-state index in [4.69, 9.17) is 14.2 Å². The number of nitrogens with one attached hydrogen (secondary N) is 2. The van der Waals surface area contributed by atoms with E-state index in [1.165, 1.54) is 5.56 Å². The van der Waals surface area contributed by atoms with Gasteiger partial charge in [-0.2, -0.15) is 5.10 Å². The van der Waals surface area contributed by atoms with Crippen LogP contribution in [0.15, 0.2) is 36.7 Å². The number of nitrogens with zero attached hydrogens (tertiary/aromatic N) is 2. The maximum absolute atomic E-state index is 12.4. The third-order valence-corrected chi connectivity index (χ3v) is 5.97. The molecule has 0 aliphatic heterocycles. The van der Waals surface area contributed by atoms with E-state index in [1.54, 1.807) is 0 Å². The average Bonchev–Trinajstić information content (AvgIpc) is 3.37. The number of ether oxygens (including phenoxy) is 3. The van der Waals surface area contributed by atoms with E-state index in [9.17, 15) is 4.79 Å². The summed E-state index contributed by atoms with van der Waals surface area (Å²) in [5, 5.41) is 10.8. The molecule has 196 valence electrons. The first kappa shape index (κ1) is 29.0. The lowest BCUT2D eigenvalue weighted by atomic mass is 10.1. The Morgan fingerprint density at radius 3 is 2.06 bits per heavy atom. The Hall–Kier alpha value is -2.26. The highest BCUT2D eigenvalue weighted by molar-refractivity contribution is 5.94. The second-order valence-corrected chi connectivity index (χ2v) is 9.06. The highest BCUT2D eigenvalue weighted by Gasteiger charge is 2.12. The van der Waals surface area contributed by atoms with Gasteiger partial charge in [-0.05, 0) is 49.4 Å². The summed E-state index contributed by atoms with van der Waals surface area (Å²) in [4.78, 5) is 12.4. The SMILES string of the molecule is CCC(C)NCCOCCOCCOCCNC(=O)c1ccc(C(C)n2cc(C(C)C)cn2)cc1. The summed E-state index contributed by atoms with van der Waals surface area (Å²) in [6, 6.07) is 8.30. The second-order valence-electron chi connectivity index (χ2n) is 9.06. The first-order valence-corrected chi connectivity index (χ1v) is 12.8. The monoisotopic (exact) mass is 488 g/mol. The van der Waals surface area contributed by atoms with Crippen molar-refractivity contribution in [2.24, 2.45) is 0 Å². The van der Waals surface area contributed by atoms with E-state index in [-0.39, 0.29) is 11.9 Å². The molecule has 2 rings (SSSR count). The van der Waals surface area contributed by atoms with Crippen molar-refractivity contribution in [3.8, 4) is 0 Å². The van der Waals surface area contributed by atoms with E-state index in [0.717, 1.165) is 18.5 Å². The van der Waals surface area contributed by atoms with Crippen LogP contribution in [0.5, 0.6) is 0 Å². The molecule has 1 heterocycles. The third-order valence-electron chi connectivity index (χ3n) is 5.97. The van der Waals surface area contributed by atoms with Crippen LogP contribution in [0.3, 0.4) is 0 Å². The first-order valence-electron chi connectivity index (χ1n) is 12.8. The Morgan fingerprint density at radius 1 is 0.886 bits per heavy atom. The highest BCUT2D eigenvalue weighted by Crippen LogP contribution is 2.20. The van der Waals surface area contributed by atoms with Gasteiger partial charge in [0.1, 0.15) is 0 Å². The zero-order chi connectivity index (χ0) is 25.5. The number of rotatable bonds is 18. The van der Waals surface area contributed by atoms with Crippen LogP contribution in [0.2, 0.25) is 0 Å². The normalized spacial score (nSPS) is 13.2. The fourth-order valence-electron chi connectivity index (χ4n) is 3.33. The molecule has 35 heavy (non-hydrogen) atoms. The number of benzene rings is 1. The molecule has 0 saturated heterocycles. The Kier molecular flexibility index (Phi) is 13.6. The smallest absolute Gasteiger partial charge is 0.251 e. The predicted octanol–water partition coefficient (Wildman–Crippen LogP) is 3.78. The van der Waals surface area contributed by atoms with Crippen LogP contribution in [0.4, 0.5) is 0 Å². The van der Waals surface area contributed by atoms with Crippen LogP contribution in [0, 0.1) is 0 Å². The van der Waals surface area contributed by atoms with Crippen LogP contribution in [-0.4, -0.2) is 74.5 Å². The Labute approximate surface area is 210 Å². The van der Waals surface area contributed by atoms with Gasteiger partial charge in [-0.1, -0.05) is 32.9 Å². The maximum Gasteiger partial charge on any atom is 0.251 e. The number of hydrogen-bond donors (Lipinski definition) is 2. The Bertz CT molecular complexity index is 838. The van der Waals surface area contributed by atoms with Crippen LogP contribution in [0.25, 0.3) is 0 Å². The lowest BCUT2D eigenvalue weighted by Gasteiger charge is -2.13.